The molecule has 2 aromatic carbocycles. The zero-order valence-electron chi connectivity index (χ0n) is 18.6. The van der Waals surface area contributed by atoms with Crippen molar-refractivity contribution in [2.24, 2.45) is 0 Å². The first kappa shape index (κ1) is 24.5. The van der Waals surface area contributed by atoms with E-state index < -0.39 is 10.0 Å². The molecule has 0 saturated carbocycles. The Morgan fingerprint density at radius 1 is 1.10 bits per heavy atom. The maximum Gasteiger partial charge on any atom is 0.240 e. The predicted octanol–water partition coefficient (Wildman–Crippen LogP) is 3.39. The summed E-state index contributed by atoms with van der Waals surface area (Å²) in [6, 6.07) is 14.6. The molecular weight excluding hydrogens is 416 g/mol. The van der Waals surface area contributed by atoms with Crippen LogP contribution in [0.1, 0.15) is 32.8 Å². The molecule has 0 aromatic heterocycles. The van der Waals surface area contributed by atoms with Gasteiger partial charge in [0.05, 0.1) is 24.7 Å². The van der Waals surface area contributed by atoms with Crippen molar-refractivity contribution in [1.82, 2.24) is 5.32 Å². The number of aryl methyl sites for hydroxylation is 1. The van der Waals surface area contributed by atoms with Gasteiger partial charge in [0.2, 0.25) is 15.9 Å². The number of carbonyl (C=O) groups excluding carboxylic acids is 1. The van der Waals surface area contributed by atoms with Gasteiger partial charge in [-0.25, -0.2) is 8.42 Å². The minimum absolute atomic E-state index is 0.113. The molecule has 7 nitrogen and oxygen atoms in total. The Morgan fingerprint density at radius 3 is 2.48 bits per heavy atom. The highest BCUT2D eigenvalue weighted by Gasteiger charge is 2.21. The Kier molecular flexibility index (Phi) is 9.18. The molecule has 8 heteroatoms. The SMILES string of the molecule is CCOc1cccc(N(CC(=O)NCCCc2cccc(OC(C)C)c2)S(C)(=O)=O)c1. The summed E-state index contributed by atoms with van der Waals surface area (Å²) >= 11 is 0. The van der Waals surface area contributed by atoms with E-state index in [1.165, 1.54) is 0 Å². The van der Waals surface area contributed by atoms with Crippen LogP contribution in [-0.4, -0.2) is 46.4 Å². The predicted molar refractivity (Wildman–Crippen MR) is 123 cm³/mol. The van der Waals surface area contributed by atoms with Crippen molar-refractivity contribution in [2.45, 2.75) is 39.7 Å². The third kappa shape index (κ3) is 8.49. The molecule has 0 aliphatic rings. The smallest absolute Gasteiger partial charge is 0.240 e. The highest BCUT2D eigenvalue weighted by Crippen LogP contribution is 2.23. The minimum Gasteiger partial charge on any atom is -0.494 e. The largest absolute Gasteiger partial charge is 0.494 e. The molecule has 170 valence electrons. The number of nitrogens with one attached hydrogen (secondary N) is 1. The molecule has 31 heavy (non-hydrogen) atoms. The van der Waals surface area contributed by atoms with Crippen LogP contribution in [0.3, 0.4) is 0 Å². The molecule has 0 saturated heterocycles. The summed E-state index contributed by atoms with van der Waals surface area (Å²) < 4.78 is 36.7. The quantitative estimate of drug-likeness (QED) is 0.503. The van der Waals surface area contributed by atoms with Gasteiger partial charge in [0.1, 0.15) is 18.0 Å². The summed E-state index contributed by atoms with van der Waals surface area (Å²) in [5.74, 6) is 1.02. The van der Waals surface area contributed by atoms with Gasteiger partial charge in [0.25, 0.3) is 0 Å². The standard InChI is InChI=1S/C23H32N2O5S/c1-5-29-21-12-7-11-20(16-21)25(31(4,27)28)17-23(26)24-14-8-10-19-9-6-13-22(15-19)30-18(2)3/h6-7,9,11-13,15-16,18H,5,8,10,14,17H2,1-4H3,(H,24,26). The van der Waals surface area contributed by atoms with E-state index in [2.05, 4.69) is 5.32 Å². The van der Waals surface area contributed by atoms with Crippen LogP contribution < -0.4 is 19.1 Å². The first-order valence-corrected chi connectivity index (χ1v) is 12.3. The van der Waals surface area contributed by atoms with Crippen LogP contribution in [0, 0.1) is 0 Å². The van der Waals surface area contributed by atoms with Crippen LogP contribution in [0.15, 0.2) is 48.5 Å². The van der Waals surface area contributed by atoms with Crippen molar-refractivity contribution >= 4 is 21.6 Å². The van der Waals surface area contributed by atoms with Gasteiger partial charge >= 0.3 is 0 Å². The maximum atomic E-state index is 12.4. The fourth-order valence-electron chi connectivity index (χ4n) is 3.05. The van der Waals surface area contributed by atoms with Gasteiger partial charge in [-0.05, 0) is 63.4 Å². The summed E-state index contributed by atoms with van der Waals surface area (Å²) in [6.45, 7) is 6.44. The molecule has 0 heterocycles. The molecule has 1 amide bonds. The van der Waals surface area contributed by atoms with E-state index in [4.69, 9.17) is 9.47 Å². The summed E-state index contributed by atoms with van der Waals surface area (Å²) in [7, 11) is -3.63. The Morgan fingerprint density at radius 2 is 1.81 bits per heavy atom. The second-order valence-corrected chi connectivity index (χ2v) is 9.37. The first-order valence-electron chi connectivity index (χ1n) is 10.4. The van der Waals surface area contributed by atoms with Crippen LogP contribution in [0.2, 0.25) is 0 Å². The normalized spacial score (nSPS) is 11.3. The van der Waals surface area contributed by atoms with Crippen LogP contribution >= 0.6 is 0 Å². The molecule has 1 N–H and O–H groups in total. The molecule has 2 rings (SSSR count). The lowest BCUT2D eigenvalue weighted by molar-refractivity contribution is -0.119. The van der Waals surface area contributed by atoms with Crippen molar-refractivity contribution in [3.8, 4) is 11.5 Å². The summed E-state index contributed by atoms with van der Waals surface area (Å²) in [5.41, 5.74) is 1.52. The molecule has 0 fully saturated rings. The number of benzene rings is 2. The Labute approximate surface area is 185 Å². The monoisotopic (exact) mass is 448 g/mol. The minimum atomic E-state index is -3.63. The number of hydrogen-bond donors (Lipinski definition) is 1. The highest BCUT2D eigenvalue weighted by atomic mass is 32.2. The second-order valence-electron chi connectivity index (χ2n) is 7.47. The summed E-state index contributed by atoms with van der Waals surface area (Å²) in [5, 5.41) is 2.80. The third-order valence-electron chi connectivity index (χ3n) is 4.34. The van der Waals surface area contributed by atoms with Gasteiger partial charge in [-0.2, -0.15) is 0 Å². The second kappa shape index (κ2) is 11.6. The number of amides is 1. The average molecular weight is 449 g/mol. The fourth-order valence-corrected chi connectivity index (χ4v) is 3.90. The fraction of sp³-hybridized carbons (Fsp3) is 0.435. The molecular formula is C23H32N2O5S. The van der Waals surface area contributed by atoms with E-state index >= 15 is 0 Å². The van der Waals surface area contributed by atoms with E-state index in [0.29, 0.717) is 24.6 Å². The van der Waals surface area contributed by atoms with E-state index in [0.717, 1.165) is 34.7 Å². The van der Waals surface area contributed by atoms with Gasteiger partial charge in [-0.3, -0.25) is 9.10 Å². The van der Waals surface area contributed by atoms with E-state index in [1.54, 1.807) is 24.3 Å². The van der Waals surface area contributed by atoms with Gasteiger partial charge in [0.15, 0.2) is 0 Å². The van der Waals surface area contributed by atoms with Gasteiger partial charge in [-0.1, -0.05) is 18.2 Å². The van der Waals surface area contributed by atoms with Gasteiger partial charge < -0.3 is 14.8 Å². The van der Waals surface area contributed by atoms with Crippen molar-refractivity contribution in [3.05, 3.63) is 54.1 Å². The number of carbonyl (C=O) groups is 1. The molecule has 0 radical (unpaired) electrons. The average Bonchev–Trinajstić information content (AvgIpc) is 2.69. The van der Waals surface area contributed by atoms with Crippen molar-refractivity contribution < 1.29 is 22.7 Å². The maximum absolute atomic E-state index is 12.4. The number of nitrogens with zero attached hydrogens (tertiary/aromatic N) is 1. The van der Waals surface area contributed by atoms with Crippen LogP contribution in [0.25, 0.3) is 0 Å². The Balaban J connectivity index is 1.90. The lowest BCUT2D eigenvalue weighted by Gasteiger charge is -2.22. The molecule has 0 unspecified atom stereocenters. The zero-order valence-corrected chi connectivity index (χ0v) is 19.4. The molecule has 0 spiro atoms. The molecule has 0 aliphatic carbocycles. The van der Waals surface area contributed by atoms with Crippen LogP contribution in [0.5, 0.6) is 11.5 Å². The van der Waals surface area contributed by atoms with Crippen molar-refractivity contribution in [3.63, 3.8) is 0 Å². The van der Waals surface area contributed by atoms with E-state index in [9.17, 15) is 13.2 Å². The Bertz CT molecular complexity index is 960. The lowest BCUT2D eigenvalue weighted by atomic mass is 10.1. The van der Waals surface area contributed by atoms with E-state index in [-0.39, 0.29) is 18.6 Å². The third-order valence-corrected chi connectivity index (χ3v) is 5.48. The molecule has 0 atom stereocenters. The highest BCUT2D eigenvalue weighted by molar-refractivity contribution is 7.92. The molecule has 0 aliphatic heterocycles. The first-order chi connectivity index (χ1) is 14.7. The number of rotatable bonds is 12. The Hall–Kier alpha value is -2.74. The van der Waals surface area contributed by atoms with Gasteiger partial charge in [-0.15, -0.1) is 0 Å². The number of ether oxygens (including phenoxy) is 2. The van der Waals surface area contributed by atoms with E-state index in [1.807, 2.05) is 45.0 Å². The van der Waals surface area contributed by atoms with Crippen molar-refractivity contribution in [2.75, 3.05) is 30.3 Å². The lowest BCUT2D eigenvalue weighted by Crippen LogP contribution is -2.40. The number of anilines is 1. The van der Waals surface area contributed by atoms with Crippen LogP contribution in [-0.2, 0) is 21.2 Å². The summed E-state index contributed by atoms with van der Waals surface area (Å²) in [4.78, 5) is 12.4. The summed E-state index contributed by atoms with van der Waals surface area (Å²) in [6.07, 6.45) is 2.71. The van der Waals surface area contributed by atoms with Crippen molar-refractivity contribution in [1.29, 1.82) is 0 Å². The molecule has 0 bridgehead atoms. The van der Waals surface area contributed by atoms with Crippen LogP contribution in [0.4, 0.5) is 5.69 Å². The zero-order chi connectivity index (χ0) is 22.9. The topological polar surface area (TPSA) is 84.9 Å². The number of hydrogen-bond acceptors (Lipinski definition) is 5. The number of sulfonamides is 1. The molecule has 2 aromatic rings. The van der Waals surface area contributed by atoms with Gasteiger partial charge in [0, 0.05) is 12.6 Å².